The maximum atomic E-state index is 11.1. The lowest BCUT2D eigenvalue weighted by molar-refractivity contribution is 0.176. The molecule has 1 N–H and O–H groups in total. The fraction of sp³-hybridized carbons (Fsp3) is 0.417. The van der Waals surface area contributed by atoms with E-state index in [0.717, 1.165) is 11.1 Å². The van der Waals surface area contributed by atoms with Crippen molar-refractivity contribution >= 4 is 18.5 Å². The molecule has 1 aromatic carbocycles. The molecule has 0 saturated carbocycles. The Balaban J connectivity index is 0.00000162. The Labute approximate surface area is 112 Å². The number of aryl methyl sites for hydroxylation is 1. The average molecular weight is 274 g/mol. The highest BCUT2D eigenvalue weighted by Crippen LogP contribution is 2.36. The smallest absolute Gasteiger partial charge is 0.407 e. The molecule has 1 amide bonds. The van der Waals surface area contributed by atoms with E-state index in [4.69, 9.17) is 14.2 Å². The maximum Gasteiger partial charge on any atom is 0.407 e. The van der Waals surface area contributed by atoms with E-state index in [9.17, 15) is 4.79 Å². The number of cyclic esters (lactones) is 1. The molecule has 1 aliphatic rings. The summed E-state index contributed by atoms with van der Waals surface area (Å²) in [5, 5.41) is 2.72. The first-order valence-electron chi connectivity index (χ1n) is 5.31. The minimum Gasteiger partial charge on any atom is -0.496 e. The summed E-state index contributed by atoms with van der Waals surface area (Å²) in [6.45, 7) is 2.24. The Bertz CT molecular complexity index is 425. The van der Waals surface area contributed by atoms with Crippen LogP contribution in [0.1, 0.15) is 17.2 Å². The monoisotopic (exact) mass is 273 g/mol. The van der Waals surface area contributed by atoms with Gasteiger partial charge >= 0.3 is 6.09 Å². The lowest BCUT2D eigenvalue weighted by atomic mass is 10.0. The van der Waals surface area contributed by atoms with Crippen molar-refractivity contribution in [1.82, 2.24) is 5.32 Å². The second kappa shape index (κ2) is 5.82. The molecule has 0 bridgehead atoms. The van der Waals surface area contributed by atoms with Crippen LogP contribution in [-0.4, -0.2) is 26.9 Å². The standard InChI is InChI=1S/C12H15NO4.ClH/c1-7-4-9(15-2)11(10(5-7)16-3)8-6-17-12(14)13-8;/h4-5,8H,6H2,1-3H3,(H,13,14);1H/t8-;/m1./s1. The van der Waals surface area contributed by atoms with Gasteiger partial charge in [0, 0.05) is 0 Å². The normalized spacial score (nSPS) is 17.5. The Morgan fingerprint density at radius 2 is 1.83 bits per heavy atom. The number of nitrogens with one attached hydrogen (secondary N) is 1. The van der Waals surface area contributed by atoms with Crippen molar-refractivity contribution in [3.8, 4) is 11.5 Å². The molecular weight excluding hydrogens is 258 g/mol. The Kier molecular flexibility index (Phi) is 4.67. The molecule has 18 heavy (non-hydrogen) atoms. The zero-order chi connectivity index (χ0) is 12.4. The van der Waals surface area contributed by atoms with Gasteiger partial charge in [0.1, 0.15) is 18.1 Å². The molecule has 100 valence electrons. The zero-order valence-electron chi connectivity index (χ0n) is 10.5. The Morgan fingerprint density at radius 3 is 2.22 bits per heavy atom. The van der Waals surface area contributed by atoms with Gasteiger partial charge in [-0.1, -0.05) is 0 Å². The summed E-state index contributed by atoms with van der Waals surface area (Å²) < 4.78 is 15.5. The zero-order valence-corrected chi connectivity index (χ0v) is 11.3. The van der Waals surface area contributed by atoms with E-state index in [2.05, 4.69) is 5.32 Å². The van der Waals surface area contributed by atoms with E-state index < -0.39 is 6.09 Å². The molecule has 1 saturated heterocycles. The predicted molar refractivity (Wildman–Crippen MR) is 68.8 cm³/mol. The van der Waals surface area contributed by atoms with Crippen molar-refractivity contribution in [2.75, 3.05) is 20.8 Å². The van der Waals surface area contributed by atoms with E-state index in [0.29, 0.717) is 11.5 Å². The first-order chi connectivity index (χ1) is 8.15. The summed E-state index contributed by atoms with van der Waals surface area (Å²) in [7, 11) is 3.19. The molecule has 2 rings (SSSR count). The number of carbonyl (C=O) groups excluding carboxylic acids is 1. The van der Waals surface area contributed by atoms with Crippen LogP contribution in [0.2, 0.25) is 0 Å². The van der Waals surface area contributed by atoms with Gasteiger partial charge in [-0.05, 0) is 24.6 Å². The number of benzene rings is 1. The number of carbonyl (C=O) groups is 1. The van der Waals surface area contributed by atoms with Gasteiger partial charge < -0.3 is 19.5 Å². The largest absolute Gasteiger partial charge is 0.496 e. The van der Waals surface area contributed by atoms with Crippen LogP contribution >= 0.6 is 12.4 Å². The number of hydrogen-bond donors (Lipinski definition) is 1. The van der Waals surface area contributed by atoms with E-state index in [1.807, 2.05) is 19.1 Å². The number of amides is 1. The second-order valence-electron chi connectivity index (χ2n) is 3.88. The van der Waals surface area contributed by atoms with E-state index in [1.54, 1.807) is 14.2 Å². The number of ether oxygens (including phenoxy) is 3. The molecule has 1 fully saturated rings. The van der Waals surface area contributed by atoms with Gasteiger partial charge in [-0.25, -0.2) is 4.79 Å². The molecule has 0 unspecified atom stereocenters. The third-order valence-electron chi connectivity index (χ3n) is 2.71. The summed E-state index contributed by atoms with van der Waals surface area (Å²) in [6.07, 6.45) is -0.417. The van der Waals surface area contributed by atoms with Crippen molar-refractivity contribution in [3.05, 3.63) is 23.3 Å². The summed E-state index contributed by atoms with van der Waals surface area (Å²) >= 11 is 0. The van der Waals surface area contributed by atoms with Crippen LogP contribution in [0, 0.1) is 6.92 Å². The summed E-state index contributed by atoms with van der Waals surface area (Å²) in [4.78, 5) is 11.1. The van der Waals surface area contributed by atoms with Crippen LogP contribution in [0.25, 0.3) is 0 Å². The van der Waals surface area contributed by atoms with Gasteiger partial charge in [0.15, 0.2) is 0 Å². The van der Waals surface area contributed by atoms with Gasteiger partial charge in [-0.2, -0.15) is 0 Å². The number of alkyl carbamates (subject to hydrolysis) is 1. The van der Waals surface area contributed by atoms with Crippen molar-refractivity contribution in [3.63, 3.8) is 0 Å². The minimum absolute atomic E-state index is 0. The molecule has 0 spiro atoms. The van der Waals surface area contributed by atoms with Gasteiger partial charge in [-0.3, -0.25) is 0 Å². The molecule has 1 aliphatic heterocycles. The Hall–Kier alpha value is -1.62. The number of methoxy groups -OCH3 is 2. The van der Waals surface area contributed by atoms with Crippen LogP contribution < -0.4 is 14.8 Å². The van der Waals surface area contributed by atoms with Gasteiger partial charge in [0.05, 0.1) is 25.8 Å². The van der Waals surface area contributed by atoms with Crippen LogP contribution in [0.4, 0.5) is 4.79 Å². The second-order valence-corrected chi connectivity index (χ2v) is 3.88. The fourth-order valence-corrected chi connectivity index (χ4v) is 1.95. The molecule has 5 nitrogen and oxygen atoms in total. The Morgan fingerprint density at radius 1 is 1.28 bits per heavy atom. The number of rotatable bonds is 3. The maximum absolute atomic E-state index is 11.1. The SMILES string of the molecule is COc1cc(C)cc(OC)c1[C@H]1COC(=O)N1.Cl. The third-order valence-corrected chi connectivity index (χ3v) is 2.71. The fourth-order valence-electron chi connectivity index (χ4n) is 1.95. The van der Waals surface area contributed by atoms with Crippen molar-refractivity contribution in [2.45, 2.75) is 13.0 Å². The van der Waals surface area contributed by atoms with Gasteiger partial charge in [0.2, 0.25) is 0 Å². The summed E-state index contributed by atoms with van der Waals surface area (Å²) in [6, 6.07) is 3.58. The third kappa shape index (κ3) is 2.61. The molecule has 6 heteroatoms. The molecule has 0 radical (unpaired) electrons. The van der Waals surface area contributed by atoms with Crippen LogP contribution in [0.15, 0.2) is 12.1 Å². The van der Waals surface area contributed by atoms with E-state index >= 15 is 0 Å². The molecule has 0 aromatic heterocycles. The first kappa shape index (κ1) is 14.4. The molecule has 1 aromatic rings. The van der Waals surface area contributed by atoms with Gasteiger partial charge in [0.25, 0.3) is 0 Å². The molecule has 1 heterocycles. The molecular formula is C12H16ClNO4. The topological polar surface area (TPSA) is 56.8 Å². The lowest BCUT2D eigenvalue weighted by Gasteiger charge is -2.17. The lowest BCUT2D eigenvalue weighted by Crippen LogP contribution is -2.19. The van der Waals surface area contributed by atoms with Crippen LogP contribution in [0.5, 0.6) is 11.5 Å². The van der Waals surface area contributed by atoms with E-state index in [1.165, 1.54) is 0 Å². The van der Waals surface area contributed by atoms with Gasteiger partial charge in [-0.15, -0.1) is 12.4 Å². The summed E-state index contributed by atoms with van der Waals surface area (Å²) in [5.74, 6) is 1.38. The van der Waals surface area contributed by atoms with Crippen molar-refractivity contribution < 1.29 is 19.0 Å². The number of hydrogen-bond acceptors (Lipinski definition) is 4. The quantitative estimate of drug-likeness (QED) is 0.917. The van der Waals surface area contributed by atoms with Crippen molar-refractivity contribution in [1.29, 1.82) is 0 Å². The average Bonchev–Trinajstić information content (AvgIpc) is 2.74. The van der Waals surface area contributed by atoms with E-state index in [-0.39, 0.29) is 25.1 Å². The minimum atomic E-state index is -0.417. The van der Waals surface area contributed by atoms with Crippen LogP contribution in [0.3, 0.4) is 0 Å². The van der Waals surface area contributed by atoms with Crippen molar-refractivity contribution in [2.24, 2.45) is 0 Å². The molecule has 1 atom stereocenters. The summed E-state index contributed by atoms with van der Waals surface area (Å²) in [5.41, 5.74) is 1.85. The highest BCUT2D eigenvalue weighted by molar-refractivity contribution is 5.85. The first-order valence-corrected chi connectivity index (χ1v) is 5.31. The predicted octanol–water partition coefficient (Wildman–Crippen LogP) is 2.21. The molecule has 0 aliphatic carbocycles. The van der Waals surface area contributed by atoms with Crippen LogP contribution in [-0.2, 0) is 4.74 Å². The highest BCUT2D eigenvalue weighted by Gasteiger charge is 2.29. The highest BCUT2D eigenvalue weighted by atomic mass is 35.5. The number of halogens is 1.